The third-order valence-electron chi connectivity index (χ3n) is 4.14. The molecule has 1 aromatic rings. The van der Waals surface area contributed by atoms with Crippen LogP contribution in [0.25, 0.3) is 0 Å². The number of nitrogens with two attached hydrogens (primary N) is 1. The van der Waals surface area contributed by atoms with E-state index in [2.05, 4.69) is 6.07 Å². The predicted molar refractivity (Wildman–Crippen MR) is 74.2 cm³/mol. The van der Waals surface area contributed by atoms with E-state index in [1.165, 1.54) is 12.1 Å². The average molecular weight is 261 g/mol. The van der Waals surface area contributed by atoms with Gasteiger partial charge in [0.25, 0.3) is 0 Å². The zero-order chi connectivity index (χ0) is 13.9. The standard InChI is InChI=1S/C15H20FN3/c1-19(14-6-2-5-13(16)10-14)9-7-12-4-3-8-15(12,18)11-17/h2,5-6,10,12H,3-4,7-9,18H2,1H3. The van der Waals surface area contributed by atoms with E-state index >= 15 is 0 Å². The Morgan fingerprint density at radius 3 is 3.05 bits per heavy atom. The highest BCUT2D eigenvalue weighted by Gasteiger charge is 2.39. The first kappa shape index (κ1) is 13.8. The van der Waals surface area contributed by atoms with Crippen LogP contribution in [0.15, 0.2) is 24.3 Å². The summed E-state index contributed by atoms with van der Waals surface area (Å²) in [7, 11) is 1.94. The van der Waals surface area contributed by atoms with Gasteiger partial charge in [0.05, 0.1) is 6.07 Å². The molecule has 0 aromatic heterocycles. The molecular weight excluding hydrogens is 241 g/mol. The number of halogens is 1. The van der Waals surface area contributed by atoms with Gasteiger partial charge >= 0.3 is 0 Å². The molecule has 1 aliphatic rings. The highest BCUT2D eigenvalue weighted by Crippen LogP contribution is 2.35. The lowest BCUT2D eigenvalue weighted by Crippen LogP contribution is -2.42. The van der Waals surface area contributed by atoms with Gasteiger partial charge in [-0.1, -0.05) is 12.5 Å². The maximum absolute atomic E-state index is 13.2. The summed E-state index contributed by atoms with van der Waals surface area (Å²) in [6.07, 6.45) is 3.70. The first-order chi connectivity index (χ1) is 9.05. The fourth-order valence-corrected chi connectivity index (χ4v) is 2.84. The van der Waals surface area contributed by atoms with Crippen LogP contribution in [0.2, 0.25) is 0 Å². The molecule has 1 saturated carbocycles. The molecule has 0 aliphatic heterocycles. The monoisotopic (exact) mass is 261 g/mol. The van der Waals surface area contributed by atoms with Gasteiger partial charge in [0.2, 0.25) is 0 Å². The van der Waals surface area contributed by atoms with E-state index in [0.29, 0.717) is 0 Å². The van der Waals surface area contributed by atoms with Crippen molar-refractivity contribution >= 4 is 5.69 Å². The molecule has 0 heterocycles. The summed E-state index contributed by atoms with van der Waals surface area (Å²) < 4.78 is 13.2. The van der Waals surface area contributed by atoms with Gasteiger partial charge in [-0.15, -0.1) is 0 Å². The Labute approximate surface area is 113 Å². The van der Waals surface area contributed by atoms with Crippen molar-refractivity contribution in [3.8, 4) is 6.07 Å². The average Bonchev–Trinajstić information content (AvgIpc) is 2.78. The van der Waals surface area contributed by atoms with Crippen molar-refractivity contribution in [1.29, 1.82) is 5.26 Å². The van der Waals surface area contributed by atoms with Gasteiger partial charge in [0, 0.05) is 19.3 Å². The summed E-state index contributed by atoms with van der Waals surface area (Å²) in [4.78, 5) is 2.01. The van der Waals surface area contributed by atoms with E-state index in [1.807, 2.05) is 18.0 Å². The van der Waals surface area contributed by atoms with E-state index in [0.717, 1.165) is 37.9 Å². The highest BCUT2D eigenvalue weighted by molar-refractivity contribution is 5.45. The topological polar surface area (TPSA) is 53.0 Å². The van der Waals surface area contributed by atoms with E-state index < -0.39 is 5.54 Å². The predicted octanol–water partition coefficient (Wildman–Crippen LogP) is 2.67. The Balaban J connectivity index is 1.94. The Bertz CT molecular complexity index is 483. The molecule has 0 bridgehead atoms. The normalized spacial score (nSPS) is 26.1. The molecule has 0 radical (unpaired) electrons. The summed E-state index contributed by atoms with van der Waals surface area (Å²) in [6, 6.07) is 8.82. The first-order valence-electron chi connectivity index (χ1n) is 6.72. The highest BCUT2D eigenvalue weighted by atomic mass is 19.1. The second kappa shape index (κ2) is 5.58. The fourth-order valence-electron chi connectivity index (χ4n) is 2.84. The second-order valence-electron chi connectivity index (χ2n) is 5.43. The van der Waals surface area contributed by atoms with Crippen molar-refractivity contribution in [2.45, 2.75) is 31.2 Å². The lowest BCUT2D eigenvalue weighted by Gasteiger charge is -2.27. The van der Waals surface area contributed by atoms with Crippen molar-refractivity contribution < 1.29 is 4.39 Å². The Morgan fingerprint density at radius 2 is 2.37 bits per heavy atom. The summed E-state index contributed by atoms with van der Waals surface area (Å²) in [6.45, 7) is 0.786. The molecule has 2 N–H and O–H groups in total. The smallest absolute Gasteiger partial charge is 0.125 e. The van der Waals surface area contributed by atoms with Gasteiger partial charge in [0.1, 0.15) is 11.4 Å². The number of nitrogens with zero attached hydrogens (tertiary/aromatic N) is 2. The van der Waals surface area contributed by atoms with Crippen molar-refractivity contribution in [3.63, 3.8) is 0 Å². The van der Waals surface area contributed by atoms with Gasteiger partial charge in [0.15, 0.2) is 0 Å². The van der Waals surface area contributed by atoms with Crippen LogP contribution in [0, 0.1) is 23.1 Å². The van der Waals surface area contributed by atoms with E-state index in [1.54, 1.807) is 6.07 Å². The largest absolute Gasteiger partial charge is 0.375 e. The Hall–Kier alpha value is -1.60. The van der Waals surface area contributed by atoms with Crippen LogP contribution < -0.4 is 10.6 Å². The molecule has 1 aromatic carbocycles. The minimum absolute atomic E-state index is 0.226. The van der Waals surface area contributed by atoms with Crippen molar-refractivity contribution in [1.82, 2.24) is 0 Å². The molecule has 2 atom stereocenters. The molecule has 19 heavy (non-hydrogen) atoms. The van der Waals surface area contributed by atoms with E-state index in [-0.39, 0.29) is 11.7 Å². The number of hydrogen-bond donors (Lipinski definition) is 1. The number of benzene rings is 1. The zero-order valence-corrected chi connectivity index (χ0v) is 11.3. The van der Waals surface area contributed by atoms with Crippen molar-refractivity contribution in [3.05, 3.63) is 30.1 Å². The van der Waals surface area contributed by atoms with Crippen LogP contribution >= 0.6 is 0 Å². The van der Waals surface area contributed by atoms with Gasteiger partial charge in [-0.2, -0.15) is 5.26 Å². The molecule has 102 valence electrons. The Kier molecular flexibility index (Phi) is 4.06. The first-order valence-corrected chi connectivity index (χ1v) is 6.72. The minimum atomic E-state index is -0.664. The third kappa shape index (κ3) is 3.05. The molecule has 4 heteroatoms. The van der Waals surface area contributed by atoms with Crippen LogP contribution in [-0.4, -0.2) is 19.1 Å². The number of anilines is 1. The van der Waals surface area contributed by atoms with E-state index in [9.17, 15) is 9.65 Å². The molecule has 2 rings (SSSR count). The van der Waals surface area contributed by atoms with Crippen LogP contribution in [0.1, 0.15) is 25.7 Å². The number of nitriles is 1. The maximum Gasteiger partial charge on any atom is 0.125 e. The van der Waals surface area contributed by atoms with Crippen LogP contribution in [0.5, 0.6) is 0 Å². The number of rotatable bonds is 4. The molecule has 3 nitrogen and oxygen atoms in total. The summed E-state index contributed by atoms with van der Waals surface area (Å²) in [5.41, 5.74) is 6.31. The number of hydrogen-bond acceptors (Lipinski definition) is 3. The van der Waals surface area contributed by atoms with Crippen molar-refractivity contribution in [2.24, 2.45) is 11.7 Å². The maximum atomic E-state index is 13.2. The van der Waals surface area contributed by atoms with Gasteiger partial charge in [-0.05, 0) is 43.4 Å². The molecule has 0 amide bonds. The van der Waals surface area contributed by atoms with Crippen LogP contribution in [0.3, 0.4) is 0 Å². The van der Waals surface area contributed by atoms with Gasteiger partial charge in [-0.3, -0.25) is 0 Å². The van der Waals surface area contributed by atoms with Crippen molar-refractivity contribution in [2.75, 3.05) is 18.5 Å². The van der Waals surface area contributed by atoms with Crippen LogP contribution in [0.4, 0.5) is 10.1 Å². The molecular formula is C15H20FN3. The zero-order valence-electron chi connectivity index (χ0n) is 11.3. The van der Waals surface area contributed by atoms with Gasteiger partial charge in [-0.25, -0.2) is 4.39 Å². The lowest BCUT2D eigenvalue weighted by atomic mass is 9.87. The quantitative estimate of drug-likeness (QED) is 0.906. The Morgan fingerprint density at radius 1 is 1.58 bits per heavy atom. The van der Waals surface area contributed by atoms with Gasteiger partial charge < -0.3 is 10.6 Å². The minimum Gasteiger partial charge on any atom is -0.375 e. The molecule has 2 unspecified atom stereocenters. The molecule has 1 fully saturated rings. The second-order valence-corrected chi connectivity index (χ2v) is 5.43. The van der Waals surface area contributed by atoms with Crippen LogP contribution in [-0.2, 0) is 0 Å². The molecule has 0 spiro atoms. The van der Waals surface area contributed by atoms with E-state index in [4.69, 9.17) is 5.73 Å². The fraction of sp³-hybridized carbons (Fsp3) is 0.533. The molecule has 1 aliphatic carbocycles. The summed E-state index contributed by atoms with van der Waals surface area (Å²) in [5.74, 6) is 0.0175. The third-order valence-corrected chi connectivity index (χ3v) is 4.14. The summed E-state index contributed by atoms with van der Waals surface area (Å²) >= 11 is 0. The summed E-state index contributed by atoms with van der Waals surface area (Å²) in [5, 5.41) is 9.18. The lowest BCUT2D eigenvalue weighted by molar-refractivity contribution is 0.376. The SMILES string of the molecule is CN(CCC1CCCC1(N)C#N)c1cccc(F)c1. The molecule has 0 saturated heterocycles.